The van der Waals surface area contributed by atoms with E-state index in [2.05, 4.69) is 0 Å². The maximum atomic E-state index is 10.6. The van der Waals surface area contributed by atoms with E-state index in [1.165, 1.54) is 24.3 Å². The quantitative estimate of drug-likeness (QED) is 0.628. The molecule has 0 atom stereocenters. The summed E-state index contributed by atoms with van der Waals surface area (Å²) in [5.74, 6) is -0.772. The van der Waals surface area contributed by atoms with E-state index >= 15 is 0 Å². The average Bonchev–Trinajstić information content (AvgIpc) is 2.43. The van der Waals surface area contributed by atoms with Crippen molar-refractivity contribution in [2.24, 2.45) is 5.73 Å². The number of phenols is 2. The zero-order valence-corrected chi connectivity index (χ0v) is 13.1. The van der Waals surface area contributed by atoms with Gasteiger partial charge in [0, 0.05) is 16.8 Å². The molecule has 0 fully saturated rings. The van der Waals surface area contributed by atoms with E-state index in [1.807, 2.05) is 6.92 Å². The van der Waals surface area contributed by atoms with E-state index < -0.39 is 5.91 Å². The van der Waals surface area contributed by atoms with E-state index in [0.717, 1.165) is 11.8 Å². The Labute approximate surface area is 137 Å². The largest absolute Gasteiger partial charge is 0.507 e. The van der Waals surface area contributed by atoms with Gasteiger partial charge in [-0.15, -0.1) is 0 Å². The standard InChI is InChI=1S/C8H9NO2.C7H5Cl2NO/c1-5-2-3-6(8(9)11)7(10)4-5;8-5-1-4(3-10)7(11)6(9)2-5/h2-4,10H,1H3,(H2,9,11);1-3,10-11H. The third-order valence-electron chi connectivity index (χ3n) is 2.63. The number of aryl methyl sites for hydroxylation is 1. The molecule has 2 aromatic rings. The van der Waals surface area contributed by atoms with Crippen molar-refractivity contribution >= 4 is 35.3 Å². The summed E-state index contributed by atoms with van der Waals surface area (Å²) in [7, 11) is 0. The Morgan fingerprint density at radius 3 is 2.36 bits per heavy atom. The van der Waals surface area contributed by atoms with Crippen LogP contribution in [-0.2, 0) is 0 Å². The highest BCUT2D eigenvalue weighted by Crippen LogP contribution is 2.29. The maximum Gasteiger partial charge on any atom is 0.252 e. The third-order valence-corrected chi connectivity index (χ3v) is 3.14. The van der Waals surface area contributed by atoms with Gasteiger partial charge in [-0.3, -0.25) is 4.79 Å². The highest BCUT2D eigenvalue weighted by Gasteiger charge is 2.05. The second-order valence-electron chi connectivity index (χ2n) is 4.35. The molecule has 0 aliphatic heterocycles. The Bertz CT molecular complexity index is 718. The highest BCUT2D eigenvalue weighted by atomic mass is 35.5. The first kappa shape index (κ1) is 17.8. The van der Waals surface area contributed by atoms with Gasteiger partial charge in [0.2, 0.25) is 0 Å². The molecule has 116 valence electrons. The van der Waals surface area contributed by atoms with Crippen molar-refractivity contribution in [3.8, 4) is 11.5 Å². The summed E-state index contributed by atoms with van der Waals surface area (Å²) in [5.41, 5.74) is 6.35. The van der Waals surface area contributed by atoms with Gasteiger partial charge in [-0.2, -0.15) is 0 Å². The van der Waals surface area contributed by atoms with Gasteiger partial charge < -0.3 is 21.4 Å². The smallest absolute Gasteiger partial charge is 0.252 e. The van der Waals surface area contributed by atoms with Crippen LogP contribution in [0.3, 0.4) is 0 Å². The summed E-state index contributed by atoms with van der Waals surface area (Å²) in [6.07, 6.45) is 0.993. The van der Waals surface area contributed by atoms with Crippen LogP contribution >= 0.6 is 23.2 Å². The first-order chi connectivity index (χ1) is 10.3. The van der Waals surface area contributed by atoms with Gasteiger partial charge in [0.15, 0.2) is 0 Å². The van der Waals surface area contributed by atoms with Crippen LogP contribution in [0.15, 0.2) is 30.3 Å². The fourth-order valence-electron chi connectivity index (χ4n) is 1.55. The van der Waals surface area contributed by atoms with Crippen molar-refractivity contribution in [1.82, 2.24) is 0 Å². The van der Waals surface area contributed by atoms with Crippen molar-refractivity contribution in [2.75, 3.05) is 0 Å². The zero-order valence-electron chi connectivity index (χ0n) is 11.6. The molecule has 0 radical (unpaired) electrons. The van der Waals surface area contributed by atoms with Gasteiger partial charge in [-0.05, 0) is 36.8 Å². The lowest BCUT2D eigenvalue weighted by Gasteiger charge is -2.00. The van der Waals surface area contributed by atoms with E-state index in [9.17, 15) is 9.90 Å². The average molecular weight is 341 g/mol. The summed E-state index contributed by atoms with van der Waals surface area (Å²) < 4.78 is 0. The predicted octanol–water partition coefficient (Wildman–Crippen LogP) is 3.50. The van der Waals surface area contributed by atoms with Crippen molar-refractivity contribution in [3.05, 3.63) is 57.1 Å². The number of amides is 1. The monoisotopic (exact) mass is 340 g/mol. The molecule has 0 aliphatic rings. The molecule has 0 aromatic heterocycles. The molecular formula is C15H14Cl2N2O3. The lowest BCUT2D eigenvalue weighted by Crippen LogP contribution is -2.10. The third kappa shape index (κ3) is 4.65. The molecule has 2 rings (SSSR count). The number of nitrogens with one attached hydrogen (secondary N) is 1. The Hall–Kier alpha value is -2.24. The molecule has 1 amide bonds. The highest BCUT2D eigenvalue weighted by molar-refractivity contribution is 6.36. The van der Waals surface area contributed by atoms with Crippen LogP contribution in [0.2, 0.25) is 10.0 Å². The molecule has 5 nitrogen and oxygen atoms in total. The van der Waals surface area contributed by atoms with Crippen LogP contribution in [0, 0.1) is 12.3 Å². The molecular weight excluding hydrogens is 327 g/mol. The van der Waals surface area contributed by atoms with Crippen molar-refractivity contribution in [1.29, 1.82) is 5.41 Å². The number of carbonyl (C=O) groups is 1. The van der Waals surface area contributed by atoms with Crippen LogP contribution in [0.4, 0.5) is 0 Å². The molecule has 0 spiro atoms. The normalized spacial score (nSPS) is 9.59. The summed E-state index contributed by atoms with van der Waals surface area (Å²) >= 11 is 11.2. The lowest BCUT2D eigenvalue weighted by atomic mass is 10.1. The first-order valence-corrected chi connectivity index (χ1v) is 6.79. The van der Waals surface area contributed by atoms with Gasteiger partial charge in [0.1, 0.15) is 11.5 Å². The van der Waals surface area contributed by atoms with Crippen molar-refractivity contribution in [3.63, 3.8) is 0 Å². The summed E-state index contributed by atoms with van der Waals surface area (Å²) in [6, 6.07) is 7.62. The first-order valence-electron chi connectivity index (χ1n) is 6.04. The number of phenolic OH excluding ortho intramolecular Hbond substituents is 1. The minimum absolute atomic E-state index is 0.0579. The Kier molecular flexibility index (Phi) is 6.22. The lowest BCUT2D eigenvalue weighted by molar-refractivity contribution is 0.0998. The molecule has 2 aromatic carbocycles. The fraction of sp³-hybridized carbons (Fsp3) is 0.0667. The fourth-order valence-corrected chi connectivity index (χ4v) is 2.06. The predicted molar refractivity (Wildman–Crippen MR) is 87.4 cm³/mol. The van der Waals surface area contributed by atoms with Crippen LogP contribution in [0.5, 0.6) is 11.5 Å². The molecule has 0 saturated carbocycles. The van der Waals surface area contributed by atoms with Crippen molar-refractivity contribution < 1.29 is 15.0 Å². The molecule has 0 unspecified atom stereocenters. The second-order valence-corrected chi connectivity index (χ2v) is 5.20. The van der Waals surface area contributed by atoms with E-state index in [0.29, 0.717) is 10.6 Å². The van der Waals surface area contributed by atoms with E-state index in [4.69, 9.17) is 39.5 Å². The van der Waals surface area contributed by atoms with Crippen LogP contribution in [0.25, 0.3) is 0 Å². The molecule has 22 heavy (non-hydrogen) atoms. The van der Waals surface area contributed by atoms with E-state index in [1.54, 1.807) is 6.07 Å². The minimum Gasteiger partial charge on any atom is -0.507 e. The van der Waals surface area contributed by atoms with Crippen molar-refractivity contribution in [2.45, 2.75) is 6.92 Å². The number of hydrogen-bond donors (Lipinski definition) is 4. The second kappa shape index (κ2) is 7.68. The molecule has 5 N–H and O–H groups in total. The Morgan fingerprint density at radius 2 is 1.86 bits per heavy atom. The van der Waals surface area contributed by atoms with Gasteiger partial charge in [0.25, 0.3) is 5.91 Å². The van der Waals surface area contributed by atoms with Gasteiger partial charge in [-0.1, -0.05) is 29.3 Å². The minimum atomic E-state index is -0.609. The summed E-state index contributed by atoms with van der Waals surface area (Å²) in [6.45, 7) is 1.82. The number of primary amides is 1. The van der Waals surface area contributed by atoms with Gasteiger partial charge in [-0.25, -0.2) is 0 Å². The Morgan fingerprint density at radius 1 is 1.23 bits per heavy atom. The summed E-state index contributed by atoms with van der Waals surface area (Å²) in [4.78, 5) is 10.6. The summed E-state index contributed by atoms with van der Waals surface area (Å²) in [5, 5.41) is 25.8. The number of benzene rings is 2. The SMILES string of the molecule is Cc1ccc(C(N)=O)c(O)c1.N=Cc1cc(Cl)cc(Cl)c1O. The number of hydrogen-bond acceptors (Lipinski definition) is 4. The molecule has 7 heteroatoms. The Balaban J connectivity index is 0.000000220. The number of rotatable bonds is 2. The molecule has 0 bridgehead atoms. The number of carbonyl (C=O) groups excluding carboxylic acids is 1. The molecule has 0 aliphatic carbocycles. The number of halogens is 2. The van der Waals surface area contributed by atoms with Crippen LogP contribution in [0.1, 0.15) is 21.5 Å². The number of nitrogens with two attached hydrogens (primary N) is 1. The molecule has 0 heterocycles. The van der Waals surface area contributed by atoms with Crippen LogP contribution in [-0.4, -0.2) is 22.3 Å². The maximum absolute atomic E-state index is 10.6. The topological polar surface area (TPSA) is 107 Å². The zero-order chi connectivity index (χ0) is 16.9. The molecule has 0 saturated heterocycles. The van der Waals surface area contributed by atoms with Crippen LogP contribution < -0.4 is 5.73 Å². The number of aromatic hydroxyl groups is 2. The van der Waals surface area contributed by atoms with Gasteiger partial charge in [0.05, 0.1) is 10.6 Å². The van der Waals surface area contributed by atoms with E-state index in [-0.39, 0.29) is 22.1 Å². The van der Waals surface area contributed by atoms with Gasteiger partial charge >= 0.3 is 0 Å².